The molecule has 0 aliphatic heterocycles. The van der Waals surface area contributed by atoms with E-state index in [0.29, 0.717) is 6.54 Å². The number of hydrogen-bond donors (Lipinski definition) is 2. The molecular weight excluding hydrogens is 264 g/mol. The minimum absolute atomic E-state index is 0.0592. The van der Waals surface area contributed by atoms with Gasteiger partial charge in [0.15, 0.2) is 0 Å². The summed E-state index contributed by atoms with van der Waals surface area (Å²) in [5.41, 5.74) is 1.43. The Morgan fingerprint density at radius 1 is 1.19 bits per heavy atom. The molecule has 1 aromatic carbocycles. The average Bonchev–Trinajstić information content (AvgIpc) is 2.46. The number of benzene rings is 1. The van der Waals surface area contributed by atoms with E-state index in [-0.39, 0.29) is 12.3 Å². The molecule has 0 saturated heterocycles. The molecule has 0 atom stereocenters. The topological polar surface area (TPSA) is 52.6 Å². The third kappa shape index (κ3) is 4.74. The maximum absolute atomic E-state index is 12.0. The molecule has 1 fully saturated rings. The van der Waals surface area contributed by atoms with Crippen molar-refractivity contribution in [1.29, 1.82) is 0 Å². The smallest absolute Gasteiger partial charge is 0.223 e. The average molecular weight is 290 g/mol. The summed E-state index contributed by atoms with van der Waals surface area (Å²) in [7, 11) is 4.00. The van der Waals surface area contributed by atoms with Crippen LogP contribution in [0.1, 0.15) is 44.1 Å². The highest BCUT2D eigenvalue weighted by molar-refractivity contribution is 5.77. The highest BCUT2D eigenvalue weighted by Gasteiger charge is 2.31. The second-order valence-corrected chi connectivity index (χ2v) is 6.30. The van der Waals surface area contributed by atoms with Gasteiger partial charge >= 0.3 is 0 Å². The Kier molecular flexibility index (Phi) is 5.23. The number of anilines is 1. The normalized spacial score (nSPS) is 17.3. The highest BCUT2D eigenvalue weighted by atomic mass is 16.3. The molecule has 4 heteroatoms. The van der Waals surface area contributed by atoms with E-state index < -0.39 is 5.60 Å². The molecular formula is C17H26N2O2. The number of carbonyl (C=O) groups excluding carboxylic acids is 1. The van der Waals surface area contributed by atoms with Crippen LogP contribution in [-0.2, 0) is 11.3 Å². The SMILES string of the molecule is CN(C)c1ccc(CNC(=O)CC2(O)CCCCC2)cc1. The maximum Gasteiger partial charge on any atom is 0.223 e. The molecule has 0 heterocycles. The lowest BCUT2D eigenvalue weighted by Crippen LogP contribution is -2.38. The summed E-state index contributed by atoms with van der Waals surface area (Å²) in [6, 6.07) is 8.11. The number of hydrogen-bond acceptors (Lipinski definition) is 3. The lowest BCUT2D eigenvalue weighted by molar-refractivity contribution is -0.127. The molecule has 0 unspecified atom stereocenters. The Hall–Kier alpha value is -1.55. The van der Waals surface area contributed by atoms with Gasteiger partial charge in [0.2, 0.25) is 5.91 Å². The molecule has 1 aliphatic carbocycles. The quantitative estimate of drug-likeness (QED) is 0.876. The monoisotopic (exact) mass is 290 g/mol. The minimum Gasteiger partial charge on any atom is -0.389 e. The molecule has 2 rings (SSSR count). The van der Waals surface area contributed by atoms with E-state index in [4.69, 9.17) is 0 Å². The number of carbonyl (C=O) groups is 1. The van der Waals surface area contributed by atoms with Crippen molar-refractivity contribution in [1.82, 2.24) is 5.32 Å². The molecule has 1 amide bonds. The predicted octanol–water partition coefficient (Wildman–Crippen LogP) is 2.45. The summed E-state index contributed by atoms with van der Waals surface area (Å²) in [6.07, 6.45) is 4.94. The minimum atomic E-state index is -0.781. The van der Waals surface area contributed by atoms with E-state index in [1.165, 1.54) is 6.42 Å². The van der Waals surface area contributed by atoms with Crippen LogP contribution in [-0.4, -0.2) is 30.7 Å². The molecule has 21 heavy (non-hydrogen) atoms. The molecule has 0 bridgehead atoms. The van der Waals surface area contributed by atoms with Crippen molar-refractivity contribution in [2.75, 3.05) is 19.0 Å². The molecule has 0 aromatic heterocycles. The van der Waals surface area contributed by atoms with Crippen LogP contribution in [0.3, 0.4) is 0 Å². The van der Waals surface area contributed by atoms with Gasteiger partial charge in [-0.3, -0.25) is 4.79 Å². The third-order valence-corrected chi connectivity index (χ3v) is 4.22. The molecule has 0 spiro atoms. The van der Waals surface area contributed by atoms with Crippen LogP contribution in [0.25, 0.3) is 0 Å². The molecule has 2 N–H and O–H groups in total. The number of nitrogens with one attached hydrogen (secondary N) is 1. The van der Waals surface area contributed by atoms with Crippen LogP contribution in [0.2, 0.25) is 0 Å². The summed E-state index contributed by atoms with van der Waals surface area (Å²) in [4.78, 5) is 14.0. The van der Waals surface area contributed by atoms with Gasteiger partial charge < -0.3 is 15.3 Å². The molecule has 1 saturated carbocycles. The van der Waals surface area contributed by atoms with Crippen molar-refractivity contribution in [2.24, 2.45) is 0 Å². The first-order chi connectivity index (χ1) is 9.98. The van der Waals surface area contributed by atoms with Crippen molar-refractivity contribution in [3.8, 4) is 0 Å². The van der Waals surface area contributed by atoms with Crippen LogP contribution in [0.4, 0.5) is 5.69 Å². The summed E-state index contributed by atoms with van der Waals surface area (Å²) >= 11 is 0. The van der Waals surface area contributed by atoms with Gasteiger partial charge in [0.25, 0.3) is 0 Å². The first-order valence-corrected chi connectivity index (χ1v) is 7.74. The van der Waals surface area contributed by atoms with E-state index >= 15 is 0 Å². The van der Waals surface area contributed by atoms with Gasteiger partial charge in [-0.1, -0.05) is 31.4 Å². The fraction of sp³-hybridized carbons (Fsp3) is 0.588. The number of aliphatic hydroxyl groups is 1. The van der Waals surface area contributed by atoms with Crippen molar-refractivity contribution in [3.63, 3.8) is 0 Å². The summed E-state index contributed by atoms with van der Waals surface area (Å²) in [6.45, 7) is 0.516. The Morgan fingerprint density at radius 2 is 1.81 bits per heavy atom. The van der Waals surface area contributed by atoms with Crippen LogP contribution in [0.15, 0.2) is 24.3 Å². The van der Waals surface area contributed by atoms with Crippen molar-refractivity contribution in [2.45, 2.75) is 50.7 Å². The molecule has 116 valence electrons. The van der Waals surface area contributed by atoms with Crippen molar-refractivity contribution >= 4 is 11.6 Å². The second-order valence-electron chi connectivity index (χ2n) is 6.30. The molecule has 0 radical (unpaired) electrons. The lowest BCUT2D eigenvalue weighted by atomic mass is 9.82. The molecule has 4 nitrogen and oxygen atoms in total. The van der Waals surface area contributed by atoms with Crippen LogP contribution in [0, 0.1) is 0 Å². The maximum atomic E-state index is 12.0. The fourth-order valence-corrected chi connectivity index (χ4v) is 2.86. The first-order valence-electron chi connectivity index (χ1n) is 7.74. The number of amides is 1. The van der Waals surface area contributed by atoms with Gasteiger partial charge in [-0.05, 0) is 30.5 Å². The van der Waals surface area contributed by atoms with Gasteiger partial charge in [-0.15, -0.1) is 0 Å². The first kappa shape index (κ1) is 15.8. The van der Waals surface area contributed by atoms with E-state index in [1.807, 2.05) is 43.3 Å². The lowest BCUT2D eigenvalue weighted by Gasteiger charge is -2.31. The van der Waals surface area contributed by atoms with Gasteiger partial charge in [0, 0.05) is 26.3 Å². The van der Waals surface area contributed by atoms with Crippen molar-refractivity contribution < 1.29 is 9.90 Å². The van der Waals surface area contributed by atoms with Gasteiger partial charge in [-0.2, -0.15) is 0 Å². The second kappa shape index (κ2) is 6.94. The highest BCUT2D eigenvalue weighted by Crippen LogP contribution is 2.30. The Morgan fingerprint density at radius 3 is 2.38 bits per heavy atom. The summed E-state index contributed by atoms with van der Waals surface area (Å²) in [5, 5.41) is 13.3. The Bertz CT molecular complexity index is 462. The summed E-state index contributed by atoms with van der Waals surface area (Å²) < 4.78 is 0. The largest absolute Gasteiger partial charge is 0.389 e. The van der Waals surface area contributed by atoms with E-state index in [0.717, 1.165) is 36.9 Å². The van der Waals surface area contributed by atoms with Gasteiger partial charge in [0.1, 0.15) is 0 Å². The van der Waals surface area contributed by atoms with Crippen LogP contribution >= 0.6 is 0 Å². The van der Waals surface area contributed by atoms with E-state index in [2.05, 4.69) is 5.32 Å². The van der Waals surface area contributed by atoms with Crippen LogP contribution < -0.4 is 10.2 Å². The Balaban J connectivity index is 1.80. The van der Waals surface area contributed by atoms with E-state index in [9.17, 15) is 9.90 Å². The third-order valence-electron chi connectivity index (χ3n) is 4.22. The molecule has 1 aromatic rings. The van der Waals surface area contributed by atoms with Gasteiger partial charge in [-0.25, -0.2) is 0 Å². The predicted molar refractivity (Wildman–Crippen MR) is 85.3 cm³/mol. The van der Waals surface area contributed by atoms with Crippen LogP contribution in [0.5, 0.6) is 0 Å². The van der Waals surface area contributed by atoms with Crippen molar-refractivity contribution in [3.05, 3.63) is 29.8 Å². The number of rotatable bonds is 5. The van der Waals surface area contributed by atoms with Gasteiger partial charge in [0.05, 0.1) is 12.0 Å². The number of nitrogens with zero attached hydrogens (tertiary/aromatic N) is 1. The zero-order chi connectivity index (χ0) is 15.3. The molecule has 1 aliphatic rings. The fourth-order valence-electron chi connectivity index (χ4n) is 2.86. The standard InChI is InChI=1S/C17H26N2O2/c1-19(2)15-8-6-14(7-9-15)13-18-16(20)12-17(21)10-4-3-5-11-17/h6-9,21H,3-5,10-13H2,1-2H3,(H,18,20). The summed E-state index contributed by atoms with van der Waals surface area (Å²) in [5.74, 6) is -0.0592. The zero-order valence-electron chi connectivity index (χ0n) is 13.1. The zero-order valence-corrected chi connectivity index (χ0v) is 13.1. The Labute approximate surface area is 127 Å². The van der Waals surface area contributed by atoms with E-state index in [1.54, 1.807) is 0 Å².